The molecule has 5 rings (SSSR count). The number of halogens is 4. The van der Waals surface area contributed by atoms with E-state index in [9.17, 15) is 32.7 Å². The maximum atomic E-state index is 15.2. The number of aliphatic carboxylic acids is 1. The van der Waals surface area contributed by atoms with Crippen molar-refractivity contribution < 1.29 is 50.7 Å². The van der Waals surface area contributed by atoms with E-state index in [2.05, 4.69) is 20.8 Å². The summed E-state index contributed by atoms with van der Waals surface area (Å²) in [6.07, 6.45) is -5.44. The van der Waals surface area contributed by atoms with Gasteiger partial charge in [-0.05, 0) is 87.0 Å². The molecule has 254 valence electrons. The van der Waals surface area contributed by atoms with Crippen molar-refractivity contribution in [2.24, 2.45) is 0 Å². The van der Waals surface area contributed by atoms with Gasteiger partial charge in [0.1, 0.15) is 23.2 Å². The molecule has 0 spiro atoms. The standard InChI is InChI=1S/C34H28F4N4O7/c1-33(2,3)48-32(46)39-22-11-7-20(8-12-22)30-41-28(42-49-30)23-13-4-18(16-24(23)35)17-25(31(44)45)40-29(43)27-15-14-26(47-27)19-5-9-21(10-6-19)34(36,37)38/h4-16,25H,17H2,1-3H3,(H,39,46)(H,40,43)(H,44,45). The highest BCUT2D eigenvalue weighted by atomic mass is 19.4. The molecule has 0 radical (unpaired) electrons. The van der Waals surface area contributed by atoms with Crippen LogP contribution in [0.3, 0.4) is 0 Å². The van der Waals surface area contributed by atoms with Crippen LogP contribution in [0.4, 0.5) is 28.0 Å². The number of hydrogen-bond acceptors (Lipinski definition) is 8. The van der Waals surface area contributed by atoms with E-state index in [0.29, 0.717) is 11.3 Å². The van der Waals surface area contributed by atoms with Gasteiger partial charge in [0.2, 0.25) is 5.82 Å². The summed E-state index contributed by atoms with van der Waals surface area (Å²) in [5, 5.41) is 18.5. The Morgan fingerprint density at radius 3 is 2.20 bits per heavy atom. The molecule has 5 aromatic rings. The quantitative estimate of drug-likeness (QED) is 0.133. The minimum atomic E-state index is -4.52. The zero-order valence-electron chi connectivity index (χ0n) is 26.1. The number of carboxylic acid groups (broad SMARTS) is 1. The first-order valence-electron chi connectivity index (χ1n) is 14.6. The van der Waals surface area contributed by atoms with Crippen LogP contribution in [0.15, 0.2) is 87.8 Å². The number of ether oxygens (including phenoxy) is 1. The van der Waals surface area contributed by atoms with Crippen LogP contribution in [0.25, 0.3) is 34.2 Å². The van der Waals surface area contributed by atoms with Crippen LogP contribution in [0.1, 0.15) is 42.5 Å². The smallest absolute Gasteiger partial charge is 0.416 e. The van der Waals surface area contributed by atoms with Crippen molar-refractivity contribution >= 4 is 23.7 Å². The van der Waals surface area contributed by atoms with Gasteiger partial charge in [0.05, 0.1) is 11.1 Å². The second-order valence-corrected chi connectivity index (χ2v) is 11.7. The second kappa shape index (κ2) is 13.6. The number of benzene rings is 3. The maximum Gasteiger partial charge on any atom is 0.416 e. The molecule has 0 saturated carbocycles. The monoisotopic (exact) mass is 680 g/mol. The van der Waals surface area contributed by atoms with Crippen molar-refractivity contribution in [1.29, 1.82) is 0 Å². The van der Waals surface area contributed by atoms with E-state index in [1.165, 1.54) is 36.4 Å². The van der Waals surface area contributed by atoms with Gasteiger partial charge in [-0.15, -0.1) is 0 Å². The van der Waals surface area contributed by atoms with Crippen molar-refractivity contribution in [2.75, 3.05) is 5.32 Å². The Morgan fingerprint density at radius 2 is 1.59 bits per heavy atom. The van der Waals surface area contributed by atoms with Crippen molar-refractivity contribution in [1.82, 2.24) is 15.5 Å². The Morgan fingerprint density at radius 1 is 0.918 bits per heavy atom. The van der Waals surface area contributed by atoms with E-state index in [4.69, 9.17) is 13.7 Å². The Labute approximate surface area is 275 Å². The van der Waals surface area contributed by atoms with Crippen molar-refractivity contribution in [2.45, 2.75) is 45.0 Å². The lowest BCUT2D eigenvalue weighted by molar-refractivity contribution is -0.139. The van der Waals surface area contributed by atoms with Gasteiger partial charge >= 0.3 is 18.2 Å². The number of carbonyl (C=O) groups excluding carboxylic acids is 2. The third-order valence-corrected chi connectivity index (χ3v) is 6.85. The lowest BCUT2D eigenvalue weighted by atomic mass is 10.0. The molecule has 49 heavy (non-hydrogen) atoms. The first-order chi connectivity index (χ1) is 23.1. The average molecular weight is 681 g/mol. The molecule has 2 amide bonds. The predicted molar refractivity (Wildman–Crippen MR) is 167 cm³/mol. The number of nitrogens with zero attached hydrogens (tertiary/aromatic N) is 2. The lowest BCUT2D eigenvalue weighted by Crippen LogP contribution is -2.42. The van der Waals surface area contributed by atoms with E-state index in [1.807, 2.05) is 0 Å². The highest BCUT2D eigenvalue weighted by molar-refractivity contribution is 5.95. The van der Waals surface area contributed by atoms with E-state index < -0.39 is 47.2 Å². The summed E-state index contributed by atoms with van der Waals surface area (Å²) in [7, 11) is 0. The molecule has 1 unspecified atom stereocenters. The first kappa shape index (κ1) is 34.3. The highest BCUT2D eigenvalue weighted by Gasteiger charge is 2.30. The van der Waals surface area contributed by atoms with Crippen molar-refractivity contribution in [3.8, 4) is 34.2 Å². The number of amides is 2. The number of anilines is 1. The Hall–Kier alpha value is -5.99. The molecule has 0 aliphatic carbocycles. The van der Waals surface area contributed by atoms with Gasteiger partial charge in [0.15, 0.2) is 5.76 Å². The third kappa shape index (κ3) is 8.68. The second-order valence-electron chi connectivity index (χ2n) is 11.7. The lowest BCUT2D eigenvalue weighted by Gasteiger charge is -2.19. The maximum absolute atomic E-state index is 15.2. The summed E-state index contributed by atoms with van der Waals surface area (Å²) in [6.45, 7) is 5.22. The number of furan rings is 1. The third-order valence-electron chi connectivity index (χ3n) is 6.85. The van der Waals surface area contributed by atoms with E-state index in [0.717, 1.165) is 18.2 Å². The number of carbonyl (C=O) groups is 3. The fourth-order valence-electron chi connectivity index (χ4n) is 4.54. The molecule has 3 aromatic carbocycles. The average Bonchev–Trinajstić information content (AvgIpc) is 3.71. The summed E-state index contributed by atoms with van der Waals surface area (Å²) in [5.41, 5.74) is -0.0794. The van der Waals surface area contributed by atoms with Gasteiger partial charge in [-0.3, -0.25) is 10.1 Å². The Bertz CT molecular complexity index is 1980. The Kier molecular flexibility index (Phi) is 9.55. The molecule has 0 aliphatic rings. The largest absolute Gasteiger partial charge is 0.480 e. The van der Waals surface area contributed by atoms with Gasteiger partial charge in [-0.1, -0.05) is 23.4 Å². The van der Waals surface area contributed by atoms with Crippen LogP contribution >= 0.6 is 0 Å². The molecule has 0 bridgehead atoms. The fourth-order valence-corrected chi connectivity index (χ4v) is 4.54. The molecular formula is C34H28F4N4O7. The van der Waals surface area contributed by atoms with Crippen LogP contribution in [0.5, 0.6) is 0 Å². The summed E-state index contributed by atoms with van der Waals surface area (Å²) >= 11 is 0. The molecule has 0 saturated heterocycles. The van der Waals surface area contributed by atoms with Crippen LogP contribution < -0.4 is 10.6 Å². The van der Waals surface area contributed by atoms with E-state index in [1.54, 1.807) is 45.0 Å². The number of nitrogens with one attached hydrogen (secondary N) is 2. The number of rotatable bonds is 9. The molecular weight excluding hydrogens is 652 g/mol. The van der Waals surface area contributed by atoms with Crippen molar-refractivity contribution in [3.63, 3.8) is 0 Å². The van der Waals surface area contributed by atoms with E-state index in [-0.39, 0.29) is 46.3 Å². The number of alkyl halides is 3. The zero-order valence-corrected chi connectivity index (χ0v) is 26.1. The Balaban J connectivity index is 1.22. The molecule has 2 aromatic heterocycles. The van der Waals surface area contributed by atoms with Crippen LogP contribution in [0.2, 0.25) is 0 Å². The molecule has 1 atom stereocenters. The molecule has 3 N–H and O–H groups in total. The zero-order chi connectivity index (χ0) is 35.5. The number of hydrogen-bond donors (Lipinski definition) is 3. The summed E-state index contributed by atoms with van der Waals surface area (Å²) in [4.78, 5) is 41.0. The van der Waals surface area contributed by atoms with Gasteiger partial charge < -0.3 is 24.1 Å². The first-order valence-corrected chi connectivity index (χ1v) is 14.6. The highest BCUT2D eigenvalue weighted by Crippen LogP contribution is 2.32. The predicted octanol–water partition coefficient (Wildman–Crippen LogP) is 7.59. The van der Waals surface area contributed by atoms with Gasteiger partial charge in [-0.25, -0.2) is 14.0 Å². The molecule has 2 heterocycles. The van der Waals surface area contributed by atoms with Crippen LogP contribution in [0, 0.1) is 5.82 Å². The van der Waals surface area contributed by atoms with Gasteiger partial charge in [-0.2, -0.15) is 18.2 Å². The van der Waals surface area contributed by atoms with Crippen molar-refractivity contribution in [3.05, 3.63) is 102 Å². The molecule has 0 aliphatic heterocycles. The van der Waals surface area contributed by atoms with Crippen LogP contribution in [-0.2, 0) is 22.1 Å². The molecule has 11 nitrogen and oxygen atoms in total. The van der Waals surface area contributed by atoms with Crippen LogP contribution in [-0.4, -0.2) is 44.9 Å². The minimum Gasteiger partial charge on any atom is -0.480 e. The summed E-state index contributed by atoms with van der Waals surface area (Å²) in [6, 6.07) is 15.5. The topological polar surface area (TPSA) is 157 Å². The van der Waals surface area contributed by atoms with Gasteiger partial charge in [0.25, 0.3) is 11.8 Å². The number of aromatic nitrogens is 2. The summed E-state index contributed by atoms with van der Waals surface area (Å²) < 4.78 is 69.7. The SMILES string of the molecule is CC(C)(C)OC(=O)Nc1ccc(-c2nc(-c3ccc(CC(NC(=O)c4ccc(-c5ccc(C(F)(F)F)cc5)o4)C(=O)O)cc3F)no2)cc1. The summed E-state index contributed by atoms with van der Waals surface area (Å²) in [5.74, 6) is -3.23. The normalized spacial score (nSPS) is 12.3. The minimum absolute atomic E-state index is 0.0238. The number of carboxylic acids is 1. The molecule has 0 fully saturated rings. The van der Waals surface area contributed by atoms with E-state index >= 15 is 4.39 Å². The fraction of sp³-hybridized carbons (Fsp3) is 0.206. The molecule has 15 heteroatoms. The van der Waals surface area contributed by atoms with Gasteiger partial charge in [0, 0.05) is 23.2 Å².